The molecule has 174 valence electrons. The van der Waals surface area contributed by atoms with Crippen molar-refractivity contribution >= 4 is 22.6 Å². The molecule has 0 aliphatic carbocycles. The number of alkyl halides is 2. The quantitative estimate of drug-likeness (QED) is 0.369. The van der Waals surface area contributed by atoms with Gasteiger partial charge in [0.15, 0.2) is 6.10 Å². The van der Waals surface area contributed by atoms with E-state index >= 15 is 0 Å². The molecule has 2 unspecified atom stereocenters. The van der Waals surface area contributed by atoms with Gasteiger partial charge in [0, 0.05) is 17.8 Å². The maximum Gasteiger partial charge on any atom is 0.333 e. The molecule has 0 spiro atoms. The van der Waals surface area contributed by atoms with Gasteiger partial charge in [-0.25, -0.2) is 4.68 Å². The number of rotatable bonds is 8. The second kappa shape index (κ2) is 9.75. The molecule has 2 aromatic carbocycles. The van der Waals surface area contributed by atoms with Gasteiger partial charge in [-0.05, 0) is 23.4 Å². The van der Waals surface area contributed by atoms with E-state index in [1.165, 1.54) is 6.20 Å². The Balaban J connectivity index is 1.74. The average Bonchev–Trinajstić information content (AvgIpc) is 3.29. The van der Waals surface area contributed by atoms with Gasteiger partial charge in [0.05, 0.1) is 17.3 Å². The van der Waals surface area contributed by atoms with Crippen LogP contribution < -0.4 is 11.1 Å². The molecule has 4 rings (SSSR count). The molecule has 0 bridgehead atoms. The summed E-state index contributed by atoms with van der Waals surface area (Å²) in [6.45, 7) is -2.99. The van der Waals surface area contributed by atoms with Crippen LogP contribution in [0.15, 0.2) is 73.1 Å². The molecule has 0 saturated heterocycles. The molecule has 2 amide bonds. The van der Waals surface area contributed by atoms with E-state index in [0.717, 1.165) is 17.1 Å². The first kappa shape index (κ1) is 23.0. The predicted octanol–water partition coefficient (Wildman–Crippen LogP) is 2.68. The van der Waals surface area contributed by atoms with Crippen molar-refractivity contribution in [3.8, 4) is 11.4 Å². The predicted molar refractivity (Wildman–Crippen MR) is 121 cm³/mol. The summed E-state index contributed by atoms with van der Waals surface area (Å²) in [4.78, 5) is 29.2. The number of carbonyl (C=O) groups is 2. The maximum absolute atomic E-state index is 13.5. The van der Waals surface area contributed by atoms with Crippen molar-refractivity contribution < 1.29 is 23.5 Å². The van der Waals surface area contributed by atoms with Crippen molar-refractivity contribution in [3.63, 3.8) is 0 Å². The van der Waals surface area contributed by atoms with Gasteiger partial charge in [0.1, 0.15) is 5.69 Å². The molecule has 0 fully saturated rings. The summed E-state index contributed by atoms with van der Waals surface area (Å²) < 4.78 is 27.3. The van der Waals surface area contributed by atoms with Crippen LogP contribution in [0.25, 0.3) is 22.2 Å². The molecule has 8 nitrogen and oxygen atoms in total. The summed E-state index contributed by atoms with van der Waals surface area (Å²) >= 11 is 0. The first-order valence-corrected chi connectivity index (χ1v) is 10.4. The number of amides is 2. The van der Waals surface area contributed by atoms with Gasteiger partial charge in [-0.3, -0.25) is 14.6 Å². The lowest BCUT2D eigenvalue weighted by atomic mass is 10.00. The lowest BCUT2D eigenvalue weighted by Crippen LogP contribution is -2.50. The Morgan fingerprint density at radius 2 is 1.74 bits per heavy atom. The zero-order valence-corrected chi connectivity index (χ0v) is 17.8. The summed E-state index contributed by atoms with van der Waals surface area (Å²) in [5.41, 5.74) is 6.01. The molecule has 0 radical (unpaired) electrons. The van der Waals surface area contributed by atoms with Gasteiger partial charge < -0.3 is 16.2 Å². The highest BCUT2D eigenvalue weighted by molar-refractivity contribution is 6.04. The fourth-order valence-corrected chi connectivity index (χ4v) is 3.70. The number of nitrogens with zero attached hydrogens (tertiary/aromatic N) is 3. The van der Waals surface area contributed by atoms with Gasteiger partial charge in [-0.1, -0.05) is 54.6 Å². The third-order valence-corrected chi connectivity index (χ3v) is 5.36. The number of halogens is 2. The summed E-state index contributed by atoms with van der Waals surface area (Å²) in [7, 11) is 0. The first-order chi connectivity index (χ1) is 16.3. The Bertz CT molecular complexity index is 1320. The molecule has 10 heteroatoms. The average molecular weight is 465 g/mol. The molecule has 2 heterocycles. The number of fused-ring (bicyclic) bond motifs is 1. The second-order valence-electron chi connectivity index (χ2n) is 7.65. The first-order valence-electron chi connectivity index (χ1n) is 10.4. The molecule has 4 aromatic rings. The normalized spacial score (nSPS) is 13.1. The Kier molecular flexibility index (Phi) is 6.60. The maximum atomic E-state index is 13.5. The van der Waals surface area contributed by atoms with E-state index in [1.807, 2.05) is 12.1 Å². The molecular weight excluding hydrogens is 444 g/mol. The fraction of sp³-hybridized carbons (Fsp3) is 0.167. The van der Waals surface area contributed by atoms with Crippen molar-refractivity contribution in [2.24, 2.45) is 5.73 Å². The molecule has 4 N–H and O–H groups in total. The Morgan fingerprint density at radius 3 is 2.44 bits per heavy atom. The van der Waals surface area contributed by atoms with Crippen LogP contribution in [0, 0.1) is 0 Å². The Morgan fingerprint density at radius 1 is 1.03 bits per heavy atom. The summed E-state index contributed by atoms with van der Waals surface area (Å²) in [6, 6.07) is 16.6. The van der Waals surface area contributed by atoms with Crippen LogP contribution in [0.1, 0.15) is 22.5 Å². The highest BCUT2D eigenvalue weighted by Gasteiger charge is 2.29. The van der Waals surface area contributed by atoms with Crippen LogP contribution in [-0.4, -0.2) is 43.8 Å². The highest BCUT2D eigenvalue weighted by Crippen LogP contribution is 2.29. The number of hydrogen-bond donors (Lipinski definition) is 3. The summed E-state index contributed by atoms with van der Waals surface area (Å²) in [5, 5.41) is 18.2. The Labute approximate surface area is 193 Å². The van der Waals surface area contributed by atoms with E-state index < -0.39 is 30.5 Å². The van der Waals surface area contributed by atoms with E-state index in [-0.39, 0.29) is 23.4 Å². The number of aliphatic hydroxyl groups excluding tert-OH is 1. The van der Waals surface area contributed by atoms with E-state index in [9.17, 15) is 23.5 Å². The number of nitrogens with one attached hydrogen (secondary N) is 1. The van der Waals surface area contributed by atoms with Crippen molar-refractivity contribution in [1.29, 1.82) is 0 Å². The van der Waals surface area contributed by atoms with Crippen molar-refractivity contribution in [1.82, 2.24) is 20.1 Å². The third-order valence-electron chi connectivity index (χ3n) is 5.36. The van der Waals surface area contributed by atoms with Crippen LogP contribution in [0.3, 0.4) is 0 Å². The second-order valence-corrected chi connectivity index (χ2v) is 7.65. The van der Waals surface area contributed by atoms with E-state index in [4.69, 9.17) is 5.73 Å². The van der Waals surface area contributed by atoms with Crippen LogP contribution in [0.4, 0.5) is 8.78 Å². The number of nitrogens with two attached hydrogens (primary N) is 1. The zero-order chi connectivity index (χ0) is 24.2. The largest absolute Gasteiger partial charge is 0.381 e. The van der Waals surface area contributed by atoms with Crippen LogP contribution in [0.5, 0.6) is 0 Å². The number of primary amides is 1. The highest BCUT2D eigenvalue weighted by atomic mass is 19.3. The topological polar surface area (TPSA) is 123 Å². The van der Waals surface area contributed by atoms with E-state index in [1.54, 1.807) is 48.5 Å². The van der Waals surface area contributed by atoms with Gasteiger partial charge >= 0.3 is 6.55 Å². The van der Waals surface area contributed by atoms with Crippen LogP contribution in [0.2, 0.25) is 0 Å². The van der Waals surface area contributed by atoms with Crippen LogP contribution >= 0.6 is 0 Å². The smallest absolute Gasteiger partial charge is 0.333 e. The third kappa shape index (κ3) is 4.76. The molecule has 2 atom stereocenters. The number of aromatic nitrogens is 3. The minimum atomic E-state index is -2.99. The zero-order valence-electron chi connectivity index (χ0n) is 17.8. The number of hydrogen-bond acceptors (Lipinski definition) is 5. The SMILES string of the molecule is NC(=O)C(O)C(Cc1ccccc1)NC(=O)c1cn(C(F)F)nc1-c1nccc2ccccc12. The molecular formula is C24H21F2N5O3. The number of pyridine rings is 1. The lowest BCUT2D eigenvalue weighted by Gasteiger charge is -2.22. The monoisotopic (exact) mass is 465 g/mol. The molecule has 2 aromatic heterocycles. The lowest BCUT2D eigenvalue weighted by molar-refractivity contribution is -0.127. The number of benzene rings is 2. The molecule has 0 aliphatic heterocycles. The van der Waals surface area contributed by atoms with Crippen LogP contribution in [-0.2, 0) is 11.2 Å². The van der Waals surface area contributed by atoms with E-state index in [0.29, 0.717) is 10.1 Å². The minimum absolute atomic E-state index is 0.0541. The van der Waals surface area contributed by atoms with Crippen molar-refractivity contribution in [2.45, 2.75) is 25.1 Å². The molecule has 34 heavy (non-hydrogen) atoms. The number of carbonyl (C=O) groups excluding carboxylic acids is 2. The van der Waals surface area contributed by atoms with Gasteiger partial charge in [-0.2, -0.15) is 13.9 Å². The summed E-state index contributed by atoms with van der Waals surface area (Å²) in [6.07, 6.45) is 0.792. The van der Waals surface area contributed by atoms with E-state index in [2.05, 4.69) is 15.4 Å². The van der Waals surface area contributed by atoms with Gasteiger partial charge in [0.25, 0.3) is 5.91 Å². The number of aliphatic hydroxyl groups is 1. The van der Waals surface area contributed by atoms with Gasteiger partial charge in [0.2, 0.25) is 5.91 Å². The standard InChI is InChI=1S/C24H21F2N5O3/c25-24(26)31-13-17(20(30-31)19-16-9-5-4-8-15(16)10-11-28-19)23(34)29-18(21(32)22(27)33)12-14-6-2-1-3-7-14/h1-11,13,18,21,24,32H,12H2,(H2,27,33)(H,29,34). The van der Waals surface area contributed by atoms with Crippen molar-refractivity contribution in [3.05, 3.63) is 84.2 Å². The molecule has 0 aliphatic rings. The van der Waals surface area contributed by atoms with Crippen molar-refractivity contribution in [2.75, 3.05) is 0 Å². The minimum Gasteiger partial charge on any atom is -0.381 e. The summed E-state index contributed by atoms with van der Waals surface area (Å²) in [5.74, 6) is -1.83. The molecule has 0 saturated carbocycles. The Hall–Kier alpha value is -4.18. The fourth-order valence-electron chi connectivity index (χ4n) is 3.70. The van der Waals surface area contributed by atoms with Gasteiger partial charge in [-0.15, -0.1) is 0 Å².